The van der Waals surface area contributed by atoms with Gasteiger partial charge in [-0.25, -0.2) is 0 Å². The monoisotopic (exact) mass is 1650 g/mol. The molecule has 0 spiro atoms. The minimum atomic E-state index is 1.12. The molecular formula is C128H84N2. The first kappa shape index (κ1) is 76.6. The summed E-state index contributed by atoms with van der Waals surface area (Å²) >= 11 is 0. The lowest BCUT2D eigenvalue weighted by molar-refractivity contribution is 1.30. The molecule has 0 fully saturated rings. The highest BCUT2D eigenvalue weighted by atomic mass is 15.1. The summed E-state index contributed by atoms with van der Waals surface area (Å²) < 4.78 is 0. The summed E-state index contributed by atoms with van der Waals surface area (Å²) in [5, 5.41) is 27.3. The smallest absolute Gasteiger partial charge is 0.0540 e. The molecule has 0 bridgehead atoms. The lowest BCUT2D eigenvalue weighted by Gasteiger charge is -2.28. The summed E-state index contributed by atoms with van der Waals surface area (Å²) in [6, 6.07) is 187. The Balaban J connectivity index is 0.000000144. The Morgan fingerprint density at radius 2 is 0.431 bits per heavy atom. The number of rotatable bonds is 14. The molecule has 0 amide bonds. The predicted octanol–water partition coefficient (Wildman–Crippen LogP) is 36.3. The molecule has 0 aromatic heterocycles. The van der Waals surface area contributed by atoms with E-state index in [1.54, 1.807) is 0 Å². The molecule has 0 N–H and O–H groups in total. The van der Waals surface area contributed by atoms with E-state index in [9.17, 15) is 0 Å². The van der Waals surface area contributed by atoms with Crippen LogP contribution in [0.1, 0.15) is 0 Å². The van der Waals surface area contributed by atoms with Crippen molar-refractivity contribution >= 4 is 153 Å². The SMILES string of the molecule is c1ccc(-c2cc(-c3ccccc3)c3c4ccc(-c5ccc6c(ccc7cc(N(c8ccccc8)c8cccc9ccccc89)ccc76)c5)cc4c4ccccc4c3c2-c2ccccc2)cc1.c1ccc(-c2cc(-c3ccccc3)c3c4ccc(-c5cccc6c(N(c7ccccc7)c7cccc8ccccc78)cccc56)cc4c4ccccc4c3c2-c2ccccc2)cc1. The van der Waals surface area contributed by atoms with Crippen molar-refractivity contribution in [3.63, 3.8) is 0 Å². The van der Waals surface area contributed by atoms with E-state index in [1.807, 2.05) is 0 Å². The van der Waals surface area contributed by atoms with Gasteiger partial charge in [-0.2, -0.15) is 0 Å². The normalized spacial score (nSPS) is 11.5. The van der Waals surface area contributed by atoms with E-state index in [0.29, 0.717) is 0 Å². The van der Waals surface area contributed by atoms with Gasteiger partial charge in [-0.15, -0.1) is 0 Å². The Hall–Kier alpha value is -17.0. The van der Waals surface area contributed by atoms with Crippen molar-refractivity contribution in [3.8, 4) is 89.0 Å². The number of anilines is 6. The number of benzene rings is 25. The second kappa shape index (κ2) is 32.8. The largest absolute Gasteiger partial charge is 0.310 e. The minimum Gasteiger partial charge on any atom is -0.310 e. The fourth-order valence-electron chi connectivity index (χ4n) is 20.8. The topological polar surface area (TPSA) is 6.48 Å². The summed E-state index contributed by atoms with van der Waals surface area (Å²) in [5.41, 5.74) is 26.3. The lowest BCUT2D eigenvalue weighted by atomic mass is 9.81. The van der Waals surface area contributed by atoms with Gasteiger partial charge in [0.05, 0.1) is 17.1 Å². The fourth-order valence-corrected chi connectivity index (χ4v) is 20.8. The standard InChI is InChI=1S/C66H43N.C62H41N/c1-5-18-45(19-6-1)60-43-61(46-20-7-2-8-21-46)65-59-38-35-49(42-62(59)57-29-15-16-30-58(57)66(65)64(60)47-23-9-3-10-24-47)48-34-37-54-50(40-48)32-33-51-41-53(36-39-55(51)54)67(52-26-11-4-12-27-52)63-31-17-25-44-22-13-14-28-56(44)63;1-5-20-43(21-6-1)55-41-56(44-22-7-2-8-23-44)61-54-39-38-46(40-57(54)51-31-15-16-32-53(51)62(61)60(55)45-25-9-3-10-26-45)48-33-18-35-52-50(48)34-19-37-59(52)63(47-28-11-4-12-29-47)58-36-17-27-42-24-13-14-30-49(42)58/h1-43H;1-41H. The number of hydrogen-bond acceptors (Lipinski definition) is 2. The molecule has 2 heteroatoms. The second-order valence-electron chi connectivity index (χ2n) is 33.9. The van der Waals surface area contributed by atoms with Gasteiger partial charge in [-0.05, 0) is 276 Å². The maximum atomic E-state index is 2.44. The summed E-state index contributed by atoms with van der Waals surface area (Å²) in [7, 11) is 0. The number of para-hydroxylation sites is 2. The summed E-state index contributed by atoms with van der Waals surface area (Å²) in [5.74, 6) is 0. The van der Waals surface area contributed by atoms with Crippen LogP contribution in [0.3, 0.4) is 0 Å². The van der Waals surface area contributed by atoms with E-state index in [2.05, 4.69) is 519 Å². The maximum Gasteiger partial charge on any atom is 0.0540 e. The Bertz CT molecular complexity index is 8670. The molecule has 25 aromatic carbocycles. The van der Waals surface area contributed by atoms with Crippen LogP contribution in [-0.4, -0.2) is 0 Å². The Labute approximate surface area is 755 Å². The van der Waals surface area contributed by atoms with Crippen LogP contribution in [0.4, 0.5) is 34.1 Å². The zero-order valence-corrected chi connectivity index (χ0v) is 71.4. The Morgan fingerprint density at radius 1 is 0.115 bits per heavy atom. The van der Waals surface area contributed by atoms with Crippen LogP contribution in [0.2, 0.25) is 0 Å². The van der Waals surface area contributed by atoms with Crippen molar-refractivity contribution in [2.75, 3.05) is 9.80 Å². The van der Waals surface area contributed by atoms with Gasteiger partial charge in [-0.1, -0.05) is 425 Å². The van der Waals surface area contributed by atoms with Gasteiger partial charge in [0, 0.05) is 33.2 Å². The van der Waals surface area contributed by atoms with Crippen LogP contribution in [0, 0.1) is 0 Å². The summed E-state index contributed by atoms with van der Waals surface area (Å²) in [6.07, 6.45) is 0. The molecule has 0 aliphatic heterocycles. The van der Waals surface area contributed by atoms with E-state index in [0.717, 1.165) is 34.1 Å². The molecule has 0 aliphatic carbocycles. The number of fused-ring (bicyclic) bond motifs is 18. The maximum absolute atomic E-state index is 2.44. The van der Waals surface area contributed by atoms with Crippen molar-refractivity contribution in [1.82, 2.24) is 0 Å². The van der Waals surface area contributed by atoms with Crippen LogP contribution < -0.4 is 9.80 Å². The number of nitrogens with zero attached hydrogens (tertiary/aromatic N) is 2. The molecule has 0 saturated heterocycles. The highest BCUT2D eigenvalue weighted by Gasteiger charge is 2.27. The molecule has 0 unspecified atom stereocenters. The van der Waals surface area contributed by atoms with E-state index in [4.69, 9.17) is 0 Å². The van der Waals surface area contributed by atoms with Crippen molar-refractivity contribution in [2.24, 2.45) is 0 Å². The van der Waals surface area contributed by atoms with Gasteiger partial charge in [0.1, 0.15) is 0 Å². The van der Waals surface area contributed by atoms with Crippen molar-refractivity contribution < 1.29 is 0 Å². The molecule has 0 radical (unpaired) electrons. The molecule has 0 heterocycles. The van der Waals surface area contributed by atoms with Gasteiger partial charge in [0.2, 0.25) is 0 Å². The van der Waals surface area contributed by atoms with E-state index in [1.165, 1.54) is 208 Å². The van der Waals surface area contributed by atoms with E-state index >= 15 is 0 Å². The molecule has 25 aromatic rings. The predicted molar refractivity (Wildman–Crippen MR) is 558 cm³/mol. The third-order valence-electron chi connectivity index (χ3n) is 26.6. The second-order valence-corrected chi connectivity index (χ2v) is 33.9. The highest BCUT2D eigenvalue weighted by molar-refractivity contribution is 6.35. The van der Waals surface area contributed by atoms with E-state index < -0.39 is 0 Å². The summed E-state index contributed by atoms with van der Waals surface area (Å²) in [4.78, 5) is 4.81. The first-order valence-electron chi connectivity index (χ1n) is 44.9. The van der Waals surface area contributed by atoms with Gasteiger partial charge in [0.15, 0.2) is 0 Å². The van der Waals surface area contributed by atoms with E-state index in [-0.39, 0.29) is 0 Å². The van der Waals surface area contributed by atoms with Crippen molar-refractivity contribution in [2.45, 2.75) is 0 Å². The zero-order chi connectivity index (χ0) is 86.0. The Morgan fingerprint density at radius 3 is 0.915 bits per heavy atom. The third kappa shape index (κ3) is 13.4. The molecule has 2 nitrogen and oxygen atoms in total. The van der Waals surface area contributed by atoms with Crippen molar-refractivity contribution in [1.29, 1.82) is 0 Å². The number of hydrogen-bond donors (Lipinski definition) is 0. The quantitative estimate of drug-likeness (QED) is 0.100. The van der Waals surface area contributed by atoms with Gasteiger partial charge in [-0.3, -0.25) is 0 Å². The first-order valence-corrected chi connectivity index (χ1v) is 44.9. The van der Waals surface area contributed by atoms with Crippen LogP contribution >= 0.6 is 0 Å². The average Bonchev–Trinajstić information content (AvgIpc) is 0.710. The summed E-state index contributed by atoms with van der Waals surface area (Å²) in [6.45, 7) is 0. The molecule has 606 valence electrons. The lowest BCUT2D eigenvalue weighted by Crippen LogP contribution is -2.11. The molecule has 25 rings (SSSR count). The average molecular weight is 1650 g/mol. The highest BCUT2D eigenvalue weighted by Crippen LogP contribution is 2.54. The van der Waals surface area contributed by atoms with Crippen molar-refractivity contribution in [3.05, 3.63) is 510 Å². The Kier molecular flexibility index (Phi) is 19.3. The molecular weight excluding hydrogens is 1570 g/mol. The van der Waals surface area contributed by atoms with Crippen LogP contribution in [0.25, 0.3) is 208 Å². The minimum absolute atomic E-state index is 1.12. The molecule has 0 aliphatic rings. The third-order valence-corrected chi connectivity index (χ3v) is 26.6. The molecule has 130 heavy (non-hydrogen) atoms. The first-order chi connectivity index (χ1) is 64.5. The van der Waals surface area contributed by atoms with Gasteiger partial charge >= 0.3 is 0 Å². The molecule has 0 atom stereocenters. The van der Waals surface area contributed by atoms with Gasteiger partial charge < -0.3 is 9.80 Å². The van der Waals surface area contributed by atoms with Gasteiger partial charge in [0.25, 0.3) is 0 Å². The van der Waals surface area contributed by atoms with Crippen LogP contribution in [0.15, 0.2) is 510 Å². The molecule has 0 saturated carbocycles. The fraction of sp³-hybridized carbons (Fsp3) is 0. The van der Waals surface area contributed by atoms with Crippen LogP contribution in [0.5, 0.6) is 0 Å². The zero-order valence-electron chi connectivity index (χ0n) is 71.4. The van der Waals surface area contributed by atoms with Crippen LogP contribution in [-0.2, 0) is 0 Å².